The van der Waals surface area contributed by atoms with Crippen LogP contribution in [-0.4, -0.2) is 31.4 Å². The molecule has 1 N–H and O–H groups in total. The summed E-state index contributed by atoms with van der Waals surface area (Å²) in [7, 11) is -2.61. The molecule has 7 nitrogen and oxygen atoms in total. The molecule has 0 bridgehead atoms. The highest BCUT2D eigenvalue weighted by molar-refractivity contribution is 7.90. The molecule has 2 heterocycles. The zero-order valence-electron chi connectivity index (χ0n) is 16.7. The maximum Gasteiger partial charge on any atom is 0.264 e. The third-order valence-electron chi connectivity index (χ3n) is 5.70. The lowest BCUT2D eigenvalue weighted by Gasteiger charge is -2.19. The van der Waals surface area contributed by atoms with E-state index in [1.807, 2.05) is 30.3 Å². The fourth-order valence-corrected chi connectivity index (χ4v) is 5.19. The van der Waals surface area contributed by atoms with Gasteiger partial charge in [-0.25, -0.2) is 18.1 Å². The van der Waals surface area contributed by atoms with Crippen molar-refractivity contribution in [2.75, 3.05) is 7.11 Å². The molecule has 0 atom stereocenters. The Morgan fingerprint density at radius 2 is 1.81 bits per heavy atom. The molecular formula is C23H19N3O4S. The van der Waals surface area contributed by atoms with E-state index < -0.39 is 21.3 Å². The van der Waals surface area contributed by atoms with E-state index in [0.717, 1.165) is 10.9 Å². The van der Waals surface area contributed by atoms with Crippen LogP contribution < -0.4 is 9.46 Å². The van der Waals surface area contributed by atoms with Crippen molar-refractivity contribution in [3.05, 3.63) is 72.4 Å². The van der Waals surface area contributed by atoms with E-state index in [1.165, 1.54) is 13.2 Å². The number of amides is 1. The number of nitrogens with zero attached hydrogens (tertiary/aromatic N) is 2. The van der Waals surface area contributed by atoms with Crippen LogP contribution in [0, 0.1) is 0 Å². The minimum atomic E-state index is -4.10. The number of hydrogen-bond acceptors (Lipinski definition) is 6. The average Bonchev–Trinajstić information content (AvgIpc) is 3.59. The molecule has 31 heavy (non-hydrogen) atoms. The Labute approximate surface area is 179 Å². The van der Waals surface area contributed by atoms with E-state index in [1.54, 1.807) is 30.5 Å². The molecule has 0 unspecified atom stereocenters. The van der Waals surface area contributed by atoms with Crippen molar-refractivity contribution in [3.8, 4) is 5.88 Å². The van der Waals surface area contributed by atoms with Crippen molar-refractivity contribution in [1.82, 2.24) is 14.7 Å². The summed E-state index contributed by atoms with van der Waals surface area (Å²) in [4.78, 5) is 22.0. The van der Waals surface area contributed by atoms with Gasteiger partial charge in [-0.1, -0.05) is 24.3 Å². The molecule has 5 rings (SSSR count). The average molecular weight is 433 g/mol. The molecule has 4 aromatic rings. The topological polar surface area (TPSA) is 98.2 Å². The van der Waals surface area contributed by atoms with Gasteiger partial charge in [0.05, 0.1) is 28.5 Å². The molecule has 156 valence electrons. The van der Waals surface area contributed by atoms with Crippen LogP contribution in [0.5, 0.6) is 5.88 Å². The van der Waals surface area contributed by atoms with E-state index >= 15 is 0 Å². The predicted octanol–water partition coefficient (Wildman–Crippen LogP) is 3.33. The lowest BCUT2D eigenvalue weighted by atomic mass is 9.95. The summed E-state index contributed by atoms with van der Waals surface area (Å²) in [6.45, 7) is 0. The van der Waals surface area contributed by atoms with Crippen molar-refractivity contribution in [3.63, 3.8) is 0 Å². The van der Waals surface area contributed by atoms with Gasteiger partial charge in [0.25, 0.3) is 10.0 Å². The van der Waals surface area contributed by atoms with Gasteiger partial charge in [0.2, 0.25) is 11.8 Å². The van der Waals surface area contributed by atoms with E-state index in [2.05, 4.69) is 14.7 Å². The van der Waals surface area contributed by atoms with E-state index in [9.17, 15) is 13.2 Å². The minimum absolute atomic E-state index is 0.0193. The fraction of sp³-hybridized carbons (Fsp3) is 0.174. The third kappa shape index (κ3) is 3.19. The highest BCUT2D eigenvalue weighted by Gasteiger charge is 2.54. The fourth-order valence-electron chi connectivity index (χ4n) is 3.92. The second-order valence-corrected chi connectivity index (χ2v) is 9.23. The molecule has 1 aliphatic carbocycles. The molecule has 1 fully saturated rings. The van der Waals surface area contributed by atoms with Crippen molar-refractivity contribution in [2.45, 2.75) is 23.2 Å². The number of aromatic nitrogens is 2. The number of rotatable bonds is 5. The van der Waals surface area contributed by atoms with Crippen LogP contribution in [0.15, 0.2) is 71.8 Å². The lowest BCUT2D eigenvalue weighted by molar-refractivity contribution is -0.121. The Balaban J connectivity index is 1.54. The zero-order chi connectivity index (χ0) is 21.6. The SMILES string of the molecule is COc1nc2ccccc2cc1C1(C(=O)NS(=O)(=O)c2cccc3ncccc23)CC1. The van der Waals surface area contributed by atoms with Crippen LogP contribution in [-0.2, 0) is 20.2 Å². The van der Waals surface area contributed by atoms with Crippen LogP contribution in [0.4, 0.5) is 0 Å². The molecule has 1 aliphatic rings. The Morgan fingerprint density at radius 3 is 2.58 bits per heavy atom. The highest BCUT2D eigenvalue weighted by atomic mass is 32.2. The van der Waals surface area contributed by atoms with E-state index in [-0.39, 0.29) is 4.90 Å². The summed E-state index contributed by atoms with van der Waals surface area (Å²) in [5.74, 6) is -0.248. The van der Waals surface area contributed by atoms with Crippen molar-refractivity contribution >= 4 is 37.7 Å². The summed E-state index contributed by atoms with van der Waals surface area (Å²) in [5.41, 5.74) is 0.897. The van der Waals surface area contributed by atoms with Crippen LogP contribution in [0.1, 0.15) is 18.4 Å². The second-order valence-electron chi connectivity index (χ2n) is 7.58. The Morgan fingerprint density at radius 1 is 1.03 bits per heavy atom. The number of para-hydroxylation sites is 1. The zero-order valence-corrected chi connectivity index (χ0v) is 17.5. The van der Waals surface area contributed by atoms with Gasteiger partial charge in [0.15, 0.2) is 0 Å². The van der Waals surface area contributed by atoms with Crippen molar-refractivity contribution in [1.29, 1.82) is 0 Å². The number of sulfonamides is 1. The number of methoxy groups -OCH3 is 1. The van der Waals surface area contributed by atoms with E-state index in [4.69, 9.17) is 4.74 Å². The van der Waals surface area contributed by atoms with Crippen molar-refractivity contribution in [2.24, 2.45) is 0 Å². The Hall–Kier alpha value is -3.52. The van der Waals surface area contributed by atoms with Crippen LogP contribution in [0.3, 0.4) is 0 Å². The normalized spacial score (nSPS) is 15.0. The molecule has 0 saturated heterocycles. The summed E-state index contributed by atoms with van der Waals surface area (Å²) in [6.07, 6.45) is 2.62. The smallest absolute Gasteiger partial charge is 0.264 e. The second kappa shape index (κ2) is 7.02. The first-order chi connectivity index (χ1) is 14.9. The summed E-state index contributed by atoms with van der Waals surface area (Å²) in [5, 5.41) is 1.32. The number of pyridine rings is 2. The molecule has 8 heteroatoms. The van der Waals surface area contributed by atoms with Gasteiger partial charge in [-0.15, -0.1) is 0 Å². The molecule has 1 amide bonds. The summed E-state index contributed by atoms with van der Waals surface area (Å²) >= 11 is 0. The largest absolute Gasteiger partial charge is 0.481 e. The first-order valence-corrected chi connectivity index (χ1v) is 11.3. The molecule has 0 aliphatic heterocycles. The first-order valence-electron chi connectivity index (χ1n) is 9.80. The monoisotopic (exact) mass is 433 g/mol. The molecule has 2 aromatic heterocycles. The van der Waals surface area contributed by atoms with Crippen molar-refractivity contribution < 1.29 is 17.9 Å². The Kier molecular flexibility index (Phi) is 4.40. The number of carbonyl (C=O) groups excluding carboxylic acids is 1. The minimum Gasteiger partial charge on any atom is -0.481 e. The van der Waals surface area contributed by atoms with E-state index in [0.29, 0.717) is 35.2 Å². The summed E-state index contributed by atoms with van der Waals surface area (Å²) < 4.78 is 34.0. The maximum absolute atomic E-state index is 13.3. The van der Waals surface area contributed by atoms with Gasteiger partial charge in [0, 0.05) is 22.5 Å². The number of fused-ring (bicyclic) bond motifs is 2. The van der Waals surface area contributed by atoms with Gasteiger partial charge < -0.3 is 4.74 Å². The highest BCUT2D eigenvalue weighted by Crippen LogP contribution is 2.52. The van der Waals surface area contributed by atoms with Gasteiger partial charge in [0.1, 0.15) is 0 Å². The predicted molar refractivity (Wildman–Crippen MR) is 116 cm³/mol. The number of nitrogens with one attached hydrogen (secondary N) is 1. The quantitative estimate of drug-likeness (QED) is 0.518. The van der Waals surface area contributed by atoms with Gasteiger partial charge >= 0.3 is 0 Å². The lowest BCUT2D eigenvalue weighted by Crippen LogP contribution is -2.39. The van der Waals surface area contributed by atoms with Crippen LogP contribution in [0.2, 0.25) is 0 Å². The molecular weight excluding hydrogens is 414 g/mol. The van der Waals surface area contributed by atoms with Gasteiger partial charge in [-0.05, 0) is 49.2 Å². The molecule has 2 aromatic carbocycles. The maximum atomic E-state index is 13.3. The number of carbonyl (C=O) groups is 1. The number of ether oxygens (including phenoxy) is 1. The standard InChI is InChI=1S/C23H19N3O4S/c1-30-21-17(14-15-6-2-3-8-18(15)25-21)23(11-12-23)22(27)26-31(28,29)20-10-4-9-19-16(20)7-5-13-24-19/h2-10,13-14H,11-12H2,1H3,(H,26,27). The number of benzene rings is 2. The molecule has 0 spiro atoms. The molecule has 1 saturated carbocycles. The first kappa shape index (κ1) is 19.4. The third-order valence-corrected chi connectivity index (χ3v) is 7.09. The van der Waals surface area contributed by atoms with Gasteiger partial charge in [-0.2, -0.15) is 0 Å². The molecule has 0 radical (unpaired) electrons. The Bertz CT molecular complexity index is 1440. The summed E-state index contributed by atoms with van der Waals surface area (Å²) in [6, 6.07) is 17.5. The number of hydrogen-bond donors (Lipinski definition) is 1. The van der Waals surface area contributed by atoms with Gasteiger partial charge in [-0.3, -0.25) is 9.78 Å². The van der Waals surface area contributed by atoms with Crippen LogP contribution in [0.25, 0.3) is 21.8 Å². The van der Waals surface area contributed by atoms with Crippen LogP contribution >= 0.6 is 0 Å².